The average molecular weight is 198 g/mol. The van der Waals surface area contributed by atoms with Gasteiger partial charge in [-0.3, -0.25) is 0 Å². The van der Waals surface area contributed by atoms with Crippen molar-refractivity contribution in [2.75, 3.05) is 0 Å². The quantitative estimate of drug-likeness (QED) is 0.703. The van der Waals surface area contributed by atoms with Gasteiger partial charge in [0, 0.05) is 17.0 Å². The van der Waals surface area contributed by atoms with Gasteiger partial charge in [0.2, 0.25) is 0 Å². The van der Waals surface area contributed by atoms with E-state index in [1.807, 2.05) is 19.9 Å². The smallest absolute Gasteiger partial charge is 0.159 e. The van der Waals surface area contributed by atoms with E-state index < -0.39 is 0 Å². The van der Waals surface area contributed by atoms with Crippen LogP contribution in [0, 0.1) is 20.8 Å². The second-order valence-corrected chi connectivity index (χ2v) is 3.84. The second kappa shape index (κ2) is 3.81. The number of nitrogens with zero attached hydrogens (tertiary/aromatic N) is 2. The average Bonchev–Trinajstić information content (AvgIpc) is 2.17. The summed E-state index contributed by atoms with van der Waals surface area (Å²) < 4.78 is 0. The lowest BCUT2D eigenvalue weighted by molar-refractivity contribution is 1.06. The predicted octanol–water partition coefficient (Wildman–Crippen LogP) is 3.07. The molecule has 15 heavy (non-hydrogen) atoms. The lowest BCUT2D eigenvalue weighted by Gasteiger charge is -2.03. The zero-order valence-electron chi connectivity index (χ0n) is 9.28. The van der Waals surface area contributed by atoms with Crippen LogP contribution in [0.1, 0.15) is 17.0 Å². The van der Waals surface area contributed by atoms with Crippen molar-refractivity contribution < 1.29 is 0 Å². The van der Waals surface area contributed by atoms with Crippen molar-refractivity contribution >= 4 is 0 Å². The fourth-order valence-corrected chi connectivity index (χ4v) is 1.56. The number of benzene rings is 1. The van der Waals surface area contributed by atoms with Crippen LogP contribution in [-0.2, 0) is 0 Å². The first-order valence-corrected chi connectivity index (χ1v) is 5.04. The first kappa shape index (κ1) is 9.84. The van der Waals surface area contributed by atoms with Crippen molar-refractivity contribution in [2.24, 2.45) is 0 Å². The molecule has 2 heteroatoms. The minimum Gasteiger partial charge on any atom is -0.233 e. The van der Waals surface area contributed by atoms with Crippen molar-refractivity contribution in [3.63, 3.8) is 0 Å². The second-order valence-electron chi connectivity index (χ2n) is 3.84. The maximum absolute atomic E-state index is 4.42. The van der Waals surface area contributed by atoms with E-state index in [-0.39, 0.29) is 0 Å². The molecule has 0 aliphatic carbocycles. The van der Waals surface area contributed by atoms with Crippen LogP contribution in [0.25, 0.3) is 11.4 Å². The Labute approximate surface area is 90.0 Å². The Kier molecular flexibility index (Phi) is 2.50. The summed E-state index contributed by atoms with van der Waals surface area (Å²) >= 11 is 0. The summed E-state index contributed by atoms with van der Waals surface area (Å²) in [6, 6.07) is 10.3. The predicted molar refractivity (Wildman–Crippen MR) is 61.7 cm³/mol. The summed E-state index contributed by atoms with van der Waals surface area (Å²) in [5.74, 6) is 0.813. The van der Waals surface area contributed by atoms with E-state index in [1.54, 1.807) is 0 Å². The first-order valence-electron chi connectivity index (χ1n) is 5.04. The van der Waals surface area contributed by atoms with Crippen LogP contribution in [-0.4, -0.2) is 9.97 Å². The normalized spacial score (nSPS) is 10.3. The van der Waals surface area contributed by atoms with Crippen LogP contribution in [0.2, 0.25) is 0 Å². The molecule has 1 aromatic heterocycles. The molecule has 76 valence electrons. The van der Waals surface area contributed by atoms with Crippen molar-refractivity contribution in [1.82, 2.24) is 9.97 Å². The number of aromatic nitrogens is 2. The summed E-state index contributed by atoms with van der Waals surface area (Å²) in [4.78, 5) is 8.85. The zero-order valence-corrected chi connectivity index (χ0v) is 9.28. The largest absolute Gasteiger partial charge is 0.233 e. The van der Waals surface area contributed by atoms with Crippen LogP contribution in [0.5, 0.6) is 0 Å². The van der Waals surface area contributed by atoms with Gasteiger partial charge in [-0.15, -0.1) is 0 Å². The molecule has 0 atom stereocenters. The molecule has 0 unspecified atom stereocenters. The highest BCUT2D eigenvalue weighted by molar-refractivity contribution is 5.55. The third-order valence-electron chi connectivity index (χ3n) is 2.29. The van der Waals surface area contributed by atoms with Gasteiger partial charge in [0.1, 0.15) is 0 Å². The van der Waals surface area contributed by atoms with Crippen LogP contribution in [0.3, 0.4) is 0 Å². The van der Waals surface area contributed by atoms with Gasteiger partial charge in [-0.2, -0.15) is 0 Å². The molecule has 0 radical (unpaired) electrons. The minimum absolute atomic E-state index is 0.813. The molecule has 2 aromatic rings. The van der Waals surface area contributed by atoms with E-state index in [0.29, 0.717) is 0 Å². The van der Waals surface area contributed by atoms with Gasteiger partial charge >= 0.3 is 0 Å². The summed E-state index contributed by atoms with van der Waals surface area (Å²) in [6.07, 6.45) is 0. The molecule has 0 N–H and O–H groups in total. The third-order valence-corrected chi connectivity index (χ3v) is 2.29. The standard InChI is InChI=1S/C13H14N2/c1-9-4-6-12(7-5-9)13-14-10(2)8-11(3)15-13/h4-8H,1-3H3. The Morgan fingerprint density at radius 1 is 0.800 bits per heavy atom. The highest BCUT2D eigenvalue weighted by Gasteiger charge is 2.02. The molecule has 0 saturated heterocycles. The fraction of sp³-hybridized carbons (Fsp3) is 0.231. The monoisotopic (exact) mass is 198 g/mol. The molecular weight excluding hydrogens is 184 g/mol. The molecule has 1 heterocycles. The molecule has 0 fully saturated rings. The van der Waals surface area contributed by atoms with Crippen LogP contribution >= 0.6 is 0 Å². The van der Waals surface area contributed by atoms with Gasteiger partial charge in [-0.05, 0) is 26.8 Å². The molecule has 0 bridgehead atoms. The van der Waals surface area contributed by atoms with Crippen molar-refractivity contribution in [2.45, 2.75) is 20.8 Å². The van der Waals surface area contributed by atoms with Crippen molar-refractivity contribution in [3.05, 3.63) is 47.3 Å². The highest BCUT2D eigenvalue weighted by atomic mass is 14.9. The molecule has 2 rings (SSSR count). The molecule has 0 amide bonds. The number of hydrogen-bond acceptors (Lipinski definition) is 2. The Balaban J connectivity index is 2.49. The fourth-order valence-electron chi connectivity index (χ4n) is 1.56. The van der Waals surface area contributed by atoms with Gasteiger partial charge in [0.15, 0.2) is 5.82 Å². The maximum Gasteiger partial charge on any atom is 0.159 e. The summed E-state index contributed by atoms with van der Waals surface area (Å²) in [7, 11) is 0. The molecule has 0 saturated carbocycles. The van der Waals surface area contributed by atoms with Crippen LogP contribution in [0.15, 0.2) is 30.3 Å². The summed E-state index contributed by atoms with van der Waals surface area (Å²) in [5, 5.41) is 0. The minimum atomic E-state index is 0.813. The Morgan fingerprint density at radius 2 is 1.33 bits per heavy atom. The lowest BCUT2D eigenvalue weighted by atomic mass is 10.1. The van der Waals surface area contributed by atoms with Gasteiger partial charge in [0.05, 0.1) is 0 Å². The van der Waals surface area contributed by atoms with Crippen molar-refractivity contribution in [1.29, 1.82) is 0 Å². The Morgan fingerprint density at radius 3 is 1.87 bits per heavy atom. The van der Waals surface area contributed by atoms with E-state index in [2.05, 4.69) is 41.2 Å². The maximum atomic E-state index is 4.42. The van der Waals surface area contributed by atoms with E-state index in [0.717, 1.165) is 22.8 Å². The molecule has 0 spiro atoms. The van der Waals surface area contributed by atoms with Crippen LogP contribution < -0.4 is 0 Å². The Bertz CT molecular complexity index is 452. The third kappa shape index (κ3) is 2.21. The van der Waals surface area contributed by atoms with E-state index in [1.165, 1.54) is 5.56 Å². The molecule has 0 aliphatic rings. The molecule has 2 nitrogen and oxygen atoms in total. The number of hydrogen-bond donors (Lipinski definition) is 0. The molecule has 1 aromatic carbocycles. The molecular formula is C13H14N2. The summed E-state index contributed by atoms with van der Waals surface area (Å²) in [6.45, 7) is 6.06. The Hall–Kier alpha value is -1.70. The highest BCUT2D eigenvalue weighted by Crippen LogP contribution is 2.16. The number of rotatable bonds is 1. The van der Waals surface area contributed by atoms with Crippen LogP contribution in [0.4, 0.5) is 0 Å². The SMILES string of the molecule is Cc1ccc(-c2nc(C)cc(C)n2)cc1. The van der Waals surface area contributed by atoms with E-state index >= 15 is 0 Å². The van der Waals surface area contributed by atoms with Crippen molar-refractivity contribution in [3.8, 4) is 11.4 Å². The van der Waals surface area contributed by atoms with Gasteiger partial charge in [-0.1, -0.05) is 29.8 Å². The zero-order chi connectivity index (χ0) is 10.8. The molecule has 0 aliphatic heterocycles. The first-order chi connectivity index (χ1) is 7.15. The number of aryl methyl sites for hydroxylation is 3. The van der Waals surface area contributed by atoms with Gasteiger partial charge in [0.25, 0.3) is 0 Å². The van der Waals surface area contributed by atoms with E-state index in [9.17, 15) is 0 Å². The van der Waals surface area contributed by atoms with Gasteiger partial charge < -0.3 is 0 Å². The van der Waals surface area contributed by atoms with E-state index in [4.69, 9.17) is 0 Å². The van der Waals surface area contributed by atoms with Gasteiger partial charge in [-0.25, -0.2) is 9.97 Å². The summed E-state index contributed by atoms with van der Waals surface area (Å²) in [5.41, 5.74) is 4.35. The lowest BCUT2D eigenvalue weighted by Crippen LogP contribution is -1.94. The topological polar surface area (TPSA) is 25.8 Å².